The first-order valence-corrected chi connectivity index (χ1v) is 7.80. The van der Waals surface area contributed by atoms with E-state index >= 15 is 0 Å². The number of benzene rings is 1. The minimum absolute atomic E-state index is 0.0642. The number of nitrogens with one attached hydrogen (secondary N) is 1. The quantitative estimate of drug-likeness (QED) is 0.669. The van der Waals surface area contributed by atoms with Crippen LogP contribution < -0.4 is 5.32 Å². The molecule has 122 valence electrons. The summed E-state index contributed by atoms with van der Waals surface area (Å²) < 4.78 is 15.9. The predicted molar refractivity (Wildman–Crippen MR) is 88.7 cm³/mol. The fourth-order valence-electron chi connectivity index (χ4n) is 1.99. The zero-order chi connectivity index (χ0) is 17.3. The van der Waals surface area contributed by atoms with Gasteiger partial charge in [-0.1, -0.05) is 11.6 Å². The lowest BCUT2D eigenvalue weighted by Gasteiger charge is -2.09. The second kappa shape index (κ2) is 6.62. The van der Waals surface area contributed by atoms with Crippen molar-refractivity contribution in [1.29, 1.82) is 0 Å². The molecule has 0 aliphatic carbocycles. The zero-order valence-corrected chi connectivity index (χ0v) is 14.5. The number of aromatic nitrogens is 5. The average Bonchev–Trinajstić information content (AvgIpc) is 2.97. The van der Waals surface area contributed by atoms with Crippen LogP contribution in [0.25, 0.3) is 5.69 Å². The third-order valence-corrected chi connectivity index (χ3v) is 3.84. The highest BCUT2D eigenvalue weighted by molar-refractivity contribution is 9.10. The molecule has 3 rings (SSSR count). The van der Waals surface area contributed by atoms with E-state index < -0.39 is 11.7 Å². The van der Waals surface area contributed by atoms with Crippen LogP contribution in [0.2, 0.25) is 5.15 Å². The summed E-state index contributed by atoms with van der Waals surface area (Å²) in [4.78, 5) is 16.2. The third-order valence-electron chi connectivity index (χ3n) is 3.11. The molecule has 10 heteroatoms. The summed E-state index contributed by atoms with van der Waals surface area (Å²) in [6, 6.07) is 5.61. The van der Waals surface area contributed by atoms with E-state index in [1.165, 1.54) is 29.1 Å². The molecule has 0 atom stereocenters. The minimum atomic E-state index is -0.523. The Morgan fingerprint density at radius 1 is 1.38 bits per heavy atom. The number of nitrogens with zero attached hydrogens (tertiary/aromatic N) is 5. The van der Waals surface area contributed by atoms with Gasteiger partial charge in [-0.25, -0.2) is 9.37 Å². The number of anilines is 1. The Bertz CT molecular complexity index is 931. The highest BCUT2D eigenvalue weighted by atomic mass is 79.9. The van der Waals surface area contributed by atoms with Crippen molar-refractivity contribution in [2.45, 2.75) is 6.92 Å². The van der Waals surface area contributed by atoms with Gasteiger partial charge in [0.2, 0.25) is 0 Å². The third kappa shape index (κ3) is 3.26. The normalized spacial score (nSPS) is 10.7. The molecule has 0 saturated carbocycles. The van der Waals surface area contributed by atoms with Crippen molar-refractivity contribution in [3.8, 4) is 5.69 Å². The van der Waals surface area contributed by atoms with E-state index in [1.54, 1.807) is 13.0 Å². The molecule has 7 nitrogen and oxygen atoms in total. The van der Waals surface area contributed by atoms with Gasteiger partial charge < -0.3 is 5.32 Å². The molecule has 0 bridgehead atoms. The maximum absolute atomic E-state index is 14.0. The van der Waals surface area contributed by atoms with Crippen molar-refractivity contribution in [3.63, 3.8) is 0 Å². The number of carbonyl (C=O) groups excluding carboxylic acids is 1. The van der Waals surface area contributed by atoms with E-state index in [2.05, 4.69) is 41.8 Å². The molecule has 1 aromatic carbocycles. The molecule has 0 unspecified atom stereocenters. The Balaban J connectivity index is 1.92. The lowest BCUT2D eigenvalue weighted by atomic mass is 10.2. The van der Waals surface area contributed by atoms with Gasteiger partial charge in [0.15, 0.2) is 5.82 Å². The zero-order valence-electron chi connectivity index (χ0n) is 12.2. The number of rotatable bonds is 3. The van der Waals surface area contributed by atoms with Gasteiger partial charge in [0.1, 0.15) is 16.7 Å². The Morgan fingerprint density at radius 3 is 2.88 bits per heavy atom. The van der Waals surface area contributed by atoms with Gasteiger partial charge in [-0.3, -0.25) is 4.79 Å². The number of pyridine rings is 1. The molecule has 1 N–H and O–H groups in total. The van der Waals surface area contributed by atoms with E-state index in [-0.39, 0.29) is 16.4 Å². The number of carbonyl (C=O) groups is 1. The van der Waals surface area contributed by atoms with Gasteiger partial charge in [0, 0.05) is 16.4 Å². The van der Waals surface area contributed by atoms with Crippen molar-refractivity contribution in [2.75, 3.05) is 5.32 Å². The van der Waals surface area contributed by atoms with Gasteiger partial charge in [0.05, 0.1) is 5.56 Å². The summed E-state index contributed by atoms with van der Waals surface area (Å²) in [6.45, 7) is 1.64. The van der Waals surface area contributed by atoms with Crippen LogP contribution in [0.5, 0.6) is 0 Å². The van der Waals surface area contributed by atoms with Crippen LogP contribution >= 0.6 is 27.5 Å². The van der Waals surface area contributed by atoms with E-state index in [1.807, 2.05) is 0 Å². The lowest BCUT2D eigenvalue weighted by Crippen LogP contribution is -2.14. The molecule has 0 spiro atoms. The first-order chi connectivity index (χ1) is 11.5. The first kappa shape index (κ1) is 16.5. The Morgan fingerprint density at radius 2 is 2.17 bits per heavy atom. The predicted octanol–water partition coefficient (Wildman–Crippen LogP) is 3.17. The Kier molecular flexibility index (Phi) is 4.54. The average molecular weight is 412 g/mol. The smallest absolute Gasteiger partial charge is 0.258 e. The molecular weight excluding hydrogens is 403 g/mol. The molecule has 2 heterocycles. The second-order valence-corrected chi connectivity index (χ2v) is 6.02. The van der Waals surface area contributed by atoms with Gasteiger partial charge in [-0.2, -0.15) is 4.68 Å². The summed E-state index contributed by atoms with van der Waals surface area (Å²) in [7, 11) is 0. The molecule has 2 aromatic heterocycles. The SMILES string of the molecule is Cc1nnnn1-c1cc(NC(=O)c2cc(Br)cnc2Cl)ccc1F. The van der Waals surface area contributed by atoms with Gasteiger partial charge in [-0.15, -0.1) is 5.10 Å². The van der Waals surface area contributed by atoms with E-state index in [0.29, 0.717) is 16.0 Å². The summed E-state index contributed by atoms with van der Waals surface area (Å²) in [5, 5.41) is 13.6. The number of hydrogen-bond acceptors (Lipinski definition) is 5. The van der Waals surface area contributed by atoms with Crippen LogP contribution in [-0.2, 0) is 0 Å². The highest BCUT2D eigenvalue weighted by Crippen LogP contribution is 2.22. The highest BCUT2D eigenvalue weighted by Gasteiger charge is 2.15. The molecule has 1 amide bonds. The monoisotopic (exact) mass is 410 g/mol. The van der Waals surface area contributed by atoms with Gasteiger partial charge in [0.25, 0.3) is 5.91 Å². The molecule has 0 fully saturated rings. The summed E-state index contributed by atoms with van der Waals surface area (Å²) in [5.41, 5.74) is 0.673. The number of tetrazole rings is 1. The van der Waals surface area contributed by atoms with Crippen molar-refractivity contribution in [3.05, 3.63) is 57.3 Å². The van der Waals surface area contributed by atoms with Crippen molar-refractivity contribution in [1.82, 2.24) is 25.2 Å². The maximum Gasteiger partial charge on any atom is 0.258 e. The van der Waals surface area contributed by atoms with Crippen LogP contribution in [-0.4, -0.2) is 31.1 Å². The number of aryl methyl sites for hydroxylation is 1. The summed E-state index contributed by atoms with van der Waals surface area (Å²) in [6.07, 6.45) is 1.48. The van der Waals surface area contributed by atoms with E-state index in [0.717, 1.165) is 0 Å². The van der Waals surface area contributed by atoms with E-state index in [9.17, 15) is 9.18 Å². The van der Waals surface area contributed by atoms with Crippen LogP contribution in [0.15, 0.2) is 34.9 Å². The van der Waals surface area contributed by atoms with Gasteiger partial charge in [-0.05, 0) is 57.5 Å². The van der Waals surface area contributed by atoms with E-state index in [4.69, 9.17) is 11.6 Å². The molecule has 0 saturated heterocycles. The van der Waals surface area contributed by atoms with Crippen LogP contribution in [0, 0.1) is 12.7 Å². The first-order valence-electron chi connectivity index (χ1n) is 6.63. The fraction of sp³-hybridized carbons (Fsp3) is 0.0714. The topological polar surface area (TPSA) is 85.6 Å². The molecule has 3 aromatic rings. The largest absolute Gasteiger partial charge is 0.322 e. The number of amides is 1. The number of hydrogen-bond donors (Lipinski definition) is 1. The second-order valence-electron chi connectivity index (χ2n) is 4.75. The molecule has 0 aliphatic rings. The maximum atomic E-state index is 14.0. The van der Waals surface area contributed by atoms with Crippen molar-refractivity contribution < 1.29 is 9.18 Å². The van der Waals surface area contributed by atoms with Crippen LogP contribution in [0.4, 0.5) is 10.1 Å². The Hall–Kier alpha value is -2.39. The molecule has 0 aliphatic heterocycles. The standard InChI is InChI=1S/C14H9BrClFN6O/c1-7-20-21-22-23(7)12-5-9(2-3-11(12)17)19-14(24)10-4-8(15)6-18-13(10)16/h2-6H,1H3,(H,19,24). The van der Waals surface area contributed by atoms with Crippen molar-refractivity contribution >= 4 is 39.1 Å². The molecular formula is C14H9BrClFN6O. The fourth-order valence-corrected chi connectivity index (χ4v) is 2.51. The molecule has 0 radical (unpaired) electrons. The number of halogens is 3. The minimum Gasteiger partial charge on any atom is -0.322 e. The lowest BCUT2D eigenvalue weighted by molar-refractivity contribution is 0.102. The summed E-state index contributed by atoms with van der Waals surface area (Å²) >= 11 is 9.16. The Labute approximate surface area is 149 Å². The van der Waals surface area contributed by atoms with Gasteiger partial charge >= 0.3 is 0 Å². The molecule has 24 heavy (non-hydrogen) atoms. The van der Waals surface area contributed by atoms with Crippen molar-refractivity contribution in [2.24, 2.45) is 0 Å². The van der Waals surface area contributed by atoms with Crippen LogP contribution in [0.1, 0.15) is 16.2 Å². The summed E-state index contributed by atoms with van der Waals surface area (Å²) in [5.74, 6) is -0.582. The van der Waals surface area contributed by atoms with Crippen LogP contribution in [0.3, 0.4) is 0 Å².